The van der Waals surface area contributed by atoms with Crippen LogP contribution in [0.1, 0.15) is 5.56 Å². The number of anilines is 1. The molecule has 0 spiro atoms. The molecule has 0 unspecified atom stereocenters. The lowest BCUT2D eigenvalue weighted by molar-refractivity contribution is -0.115. The fourth-order valence-corrected chi connectivity index (χ4v) is 4.70. The highest BCUT2D eigenvalue weighted by Gasteiger charge is 2.18. The van der Waals surface area contributed by atoms with Crippen LogP contribution in [0.15, 0.2) is 59.1 Å². The number of amides is 1. The summed E-state index contributed by atoms with van der Waals surface area (Å²) in [5, 5.41) is 6.09. The number of H-pyrrole nitrogens is 1. The number of aromatic nitrogens is 3. The molecule has 10 heteroatoms. The molecule has 0 saturated carbocycles. The van der Waals surface area contributed by atoms with E-state index in [9.17, 15) is 13.2 Å². The summed E-state index contributed by atoms with van der Waals surface area (Å²) in [4.78, 5) is 24.5. The molecule has 2 N–H and O–H groups in total. The molecule has 4 rings (SSSR count). The van der Waals surface area contributed by atoms with E-state index in [0.29, 0.717) is 10.7 Å². The molecule has 4 aromatic rings. The van der Waals surface area contributed by atoms with Gasteiger partial charge < -0.3 is 10.3 Å². The topological polar surface area (TPSA) is 108 Å². The standard InChI is InChI=1S/C20H19N5O3S2/c1-25(2)30(27,28)14-6-3-5-13(9-14)10-18(26)24-20-23-17(12-29-20)16-11-22-19-15(16)7-4-8-21-19/h3-9,11-12H,10H2,1-2H3,(H,21,22)(H,23,24,26). The van der Waals surface area contributed by atoms with Crippen LogP contribution in [-0.2, 0) is 21.2 Å². The Morgan fingerprint density at radius 1 is 1.23 bits per heavy atom. The molecule has 3 heterocycles. The second-order valence-corrected chi connectivity index (χ2v) is 9.81. The van der Waals surface area contributed by atoms with Crippen LogP contribution in [0.2, 0.25) is 0 Å². The Bertz CT molecular complexity index is 1320. The number of benzene rings is 1. The van der Waals surface area contributed by atoms with Gasteiger partial charge in [-0.1, -0.05) is 12.1 Å². The minimum atomic E-state index is -3.55. The van der Waals surface area contributed by atoms with Crippen molar-refractivity contribution < 1.29 is 13.2 Å². The lowest BCUT2D eigenvalue weighted by atomic mass is 10.1. The first-order valence-corrected chi connectivity index (χ1v) is 11.4. The average Bonchev–Trinajstić information content (AvgIpc) is 3.34. The molecule has 3 aromatic heterocycles. The largest absolute Gasteiger partial charge is 0.345 e. The fraction of sp³-hybridized carbons (Fsp3) is 0.150. The Morgan fingerprint density at radius 3 is 2.87 bits per heavy atom. The number of aromatic amines is 1. The zero-order chi connectivity index (χ0) is 21.3. The van der Waals surface area contributed by atoms with Gasteiger partial charge in [-0.3, -0.25) is 4.79 Å². The van der Waals surface area contributed by atoms with Gasteiger partial charge >= 0.3 is 0 Å². The summed E-state index contributed by atoms with van der Waals surface area (Å²) in [5.74, 6) is -0.268. The summed E-state index contributed by atoms with van der Waals surface area (Å²) in [6, 6.07) is 10.2. The van der Waals surface area contributed by atoms with Crippen molar-refractivity contribution in [3.05, 3.63) is 59.7 Å². The maximum Gasteiger partial charge on any atom is 0.242 e. The van der Waals surface area contributed by atoms with Crippen molar-refractivity contribution >= 4 is 43.4 Å². The summed E-state index contributed by atoms with van der Waals surface area (Å²) in [5.41, 5.74) is 3.04. The van der Waals surface area contributed by atoms with Gasteiger partial charge in [-0.2, -0.15) is 0 Å². The van der Waals surface area contributed by atoms with E-state index in [1.165, 1.54) is 37.6 Å². The Morgan fingerprint density at radius 2 is 2.07 bits per heavy atom. The smallest absolute Gasteiger partial charge is 0.242 e. The predicted octanol–water partition coefficient (Wildman–Crippen LogP) is 3.12. The maximum atomic E-state index is 12.5. The summed E-state index contributed by atoms with van der Waals surface area (Å²) in [7, 11) is -0.609. The number of thiazole rings is 1. The van der Waals surface area contributed by atoms with Gasteiger partial charge in [-0.15, -0.1) is 11.3 Å². The zero-order valence-electron chi connectivity index (χ0n) is 16.3. The van der Waals surface area contributed by atoms with Gasteiger partial charge in [-0.05, 0) is 29.8 Å². The van der Waals surface area contributed by atoms with E-state index < -0.39 is 10.0 Å². The molecule has 1 aromatic carbocycles. The number of hydrogen-bond donors (Lipinski definition) is 2. The number of rotatable bonds is 6. The summed E-state index contributed by atoms with van der Waals surface area (Å²) < 4.78 is 25.7. The summed E-state index contributed by atoms with van der Waals surface area (Å²) >= 11 is 1.33. The third-order valence-corrected chi connectivity index (χ3v) is 7.09. The van der Waals surface area contributed by atoms with Crippen molar-refractivity contribution in [2.75, 3.05) is 19.4 Å². The van der Waals surface area contributed by atoms with Crippen LogP contribution in [0.4, 0.5) is 5.13 Å². The second kappa shape index (κ2) is 7.98. The highest BCUT2D eigenvalue weighted by molar-refractivity contribution is 7.89. The number of sulfonamides is 1. The maximum absolute atomic E-state index is 12.5. The second-order valence-electron chi connectivity index (χ2n) is 6.80. The molecule has 30 heavy (non-hydrogen) atoms. The molecule has 8 nitrogen and oxygen atoms in total. The first-order chi connectivity index (χ1) is 14.3. The molecular formula is C20H19N5O3S2. The fourth-order valence-electron chi connectivity index (χ4n) is 3.00. The molecular weight excluding hydrogens is 422 g/mol. The van der Waals surface area contributed by atoms with Gasteiger partial charge in [0.1, 0.15) is 5.65 Å². The molecule has 0 saturated heterocycles. The predicted molar refractivity (Wildman–Crippen MR) is 117 cm³/mol. The van der Waals surface area contributed by atoms with E-state index in [0.717, 1.165) is 26.6 Å². The van der Waals surface area contributed by atoms with Gasteiger partial charge in [0.25, 0.3) is 0 Å². The van der Waals surface area contributed by atoms with Crippen molar-refractivity contribution in [1.29, 1.82) is 0 Å². The quantitative estimate of drug-likeness (QED) is 0.478. The van der Waals surface area contributed by atoms with E-state index in [-0.39, 0.29) is 17.2 Å². The minimum Gasteiger partial charge on any atom is -0.345 e. The monoisotopic (exact) mass is 441 g/mol. The number of hydrogen-bond acceptors (Lipinski definition) is 6. The third-order valence-electron chi connectivity index (χ3n) is 4.52. The van der Waals surface area contributed by atoms with E-state index in [1.807, 2.05) is 23.7 Å². The molecule has 0 aliphatic heterocycles. The van der Waals surface area contributed by atoms with Crippen molar-refractivity contribution in [3.8, 4) is 11.3 Å². The Hall–Kier alpha value is -3.08. The molecule has 0 bridgehead atoms. The number of nitrogens with one attached hydrogen (secondary N) is 2. The van der Waals surface area contributed by atoms with E-state index in [4.69, 9.17) is 0 Å². The van der Waals surface area contributed by atoms with E-state index in [1.54, 1.807) is 18.3 Å². The first kappa shape index (κ1) is 20.2. The zero-order valence-corrected chi connectivity index (χ0v) is 17.9. The number of carbonyl (C=O) groups is 1. The number of carbonyl (C=O) groups excluding carboxylic acids is 1. The summed E-state index contributed by atoms with van der Waals surface area (Å²) in [6.07, 6.45) is 3.60. The van der Waals surface area contributed by atoms with Crippen LogP contribution in [0, 0.1) is 0 Å². The van der Waals surface area contributed by atoms with E-state index >= 15 is 0 Å². The van der Waals surface area contributed by atoms with Crippen LogP contribution >= 0.6 is 11.3 Å². The van der Waals surface area contributed by atoms with Gasteiger partial charge in [-0.25, -0.2) is 22.7 Å². The number of pyridine rings is 1. The van der Waals surface area contributed by atoms with Crippen molar-refractivity contribution in [1.82, 2.24) is 19.3 Å². The van der Waals surface area contributed by atoms with Crippen LogP contribution < -0.4 is 5.32 Å². The lowest BCUT2D eigenvalue weighted by Crippen LogP contribution is -2.22. The molecule has 1 amide bonds. The van der Waals surface area contributed by atoms with Gasteiger partial charge in [0.05, 0.1) is 17.0 Å². The molecule has 0 atom stereocenters. The van der Waals surface area contributed by atoms with Crippen LogP contribution in [0.25, 0.3) is 22.3 Å². The Labute approximate surface area is 177 Å². The minimum absolute atomic E-state index is 0.0444. The van der Waals surface area contributed by atoms with E-state index in [2.05, 4.69) is 20.3 Å². The highest BCUT2D eigenvalue weighted by Crippen LogP contribution is 2.30. The van der Waals surface area contributed by atoms with Crippen LogP contribution in [-0.4, -0.2) is 47.7 Å². The molecule has 0 fully saturated rings. The SMILES string of the molecule is CN(C)S(=O)(=O)c1cccc(CC(=O)Nc2nc(-c3c[nH]c4ncccc34)cs2)c1. The first-order valence-electron chi connectivity index (χ1n) is 9.04. The average molecular weight is 442 g/mol. The Kier molecular flexibility index (Phi) is 5.37. The van der Waals surface area contributed by atoms with Crippen molar-refractivity contribution in [3.63, 3.8) is 0 Å². The number of fused-ring (bicyclic) bond motifs is 1. The lowest BCUT2D eigenvalue weighted by Gasteiger charge is -2.12. The third kappa shape index (κ3) is 3.97. The van der Waals surface area contributed by atoms with Crippen LogP contribution in [0.3, 0.4) is 0 Å². The summed E-state index contributed by atoms with van der Waals surface area (Å²) in [6.45, 7) is 0. The van der Waals surface area contributed by atoms with Crippen LogP contribution in [0.5, 0.6) is 0 Å². The molecule has 0 aliphatic rings. The van der Waals surface area contributed by atoms with Crippen molar-refractivity contribution in [2.24, 2.45) is 0 Å². The molecule has 154 valence electrons. The molecule has 0 aliphatic carbocycles. The highest BCUT2D eigenvalue weighted by atomic mass is 32.2. The van der Waals surface area contributed by atoms with Gasteiger partial charge in [0, 0.05) is 42.8 Å². The normalized spacial score (nSPS) is 11.8. The van der Waals surface area contributed by atoms with Gasteiger partial charge in [0.2, 0.25) is 15.9 Å². The molecule has 0 radical (unpaired) electrons. The Balaban J connectivity index is 1.48. The van der Waals surface area contributed by atoms with Gasteiger partial charge in [0.15, 0.2) is 5.13 Å². The number of nitrogens with zero attached hydrogens (tertiary/aromatic N) is 3. The van der Waals surface area contributed by atoms with Crippen molar-refractivity contribution in [2.45, 2.75) is 11.3 Å².